The molecule has 0 bridgehead atoms. The van der Waals surface area contributed by atoms with E-state index in [9.17, 15) is 9.59 Å². The fraction of sp³-hybridized carbons (Fsp3) is 0.407. The second-order valence-electron chi connectivity index (χ2n) is 9.60. The molecule has 35 heavy (non-hydrogen) atoms. The van der Waals surface area contributed by atoms with E-state index in [4.69, 9.17) is 0 Å². The third-order valence-corrected chi connectivity index (χ3v) is 7.15. The molecule has 7 nitrogen and oxygen atoms in total. The number of carbonyl (C=O) groups excluding carboxylic acids is 1. The quantitative estimate of drug-likeness (QED) is 0.331. The highest BCUT2D eigenvalue weighted by Crippen LogP contribution is 2.25. The molecule has 0 saturated heterocycles. The summed E-state index contributed by atoms with van der Waals surface area (Å²) in [7, 11) is 0. The molecule has 2 aromatic heterocycles. The summed E-state index contributed by atoms with van der Waals surface area (Å²) >= 11 is 1.33. The highest BCUT2D eigenvalue weighted by atomic mass is 32.2. The average molecular weight is 492 g/mol. The molecule has 1 unspecified atom stereocenters. The van der Waals surface area contributed by atoms with Crippen molar-refractivity contribution in [2.75, 3.05) is 5.75 Å². The van der Waals surface area contributed by atoms with Gasteiger partial charge in [-0.15, -0.1) is 10.2 Å². The van der Waals surface area contributed by atoms with Crippen LogP contribution in [0.5, 0.6) is 0 Å². The maximum Gasteiger partial charge on any atom is 0.267 e. The van der Waals surface area contributed by atoms with Crippen LogP contribution in [0.1, 0.15) is 51.2 Å². The number of carbonyl (C=O) groups is 1. The number of hydrogen-bond donors (Lipinski definition) is 1. The lowest BCUT2D eigenvalue weighted by Crippen LogP contribution is -2.33. The minimum absolute atomic E-state index is 0.0313. The van der Waals surface area contributed by atoms with Crippen LogP contribution in [-0.2, 0) is 4.79 Å². The maximum atomic E-state index is 13.6. The number of rotatable bonds is 9. The number of thioether (sulfide) groups is 1. The lowest BCUT2D eigenvalue weighted by Gasteiger charge is -2.16. The summed E-state index contributed by atoms with van der Waals surface area (Å²) in [6.07, 6.45) is 3.23. The summed E-state index contributed by atoms with van der Waals surface area (Å²) in [4.78, 5) is 26.2. The summed E-state index contributed by atoms with van der Waals surface area (Å²) in [5.41, 5.74) is 3.36. The van der Waals surface area contributed by atoms with Crippen molar-refractivity contribution in [3.05, 3.63) is 63.9 Å². The fourth-order valence-corrected chi connectivity index (χ4v) is 5.23. The predicted molar refractivity (Wildman–Crippen MR) is 143 cm³/mol. The first-order valence-electron chi connectivity index (χ1n) is 12.2. The smallest absolute Gasteiger partial charge is 0.267 e. The van der Waals surface area contributed by atoms with Crippen LogP contribution in [0.25, 0.3) is 22.4 Å². The van der Waals surface area contributed by atoms with Crippen LogP contribution in [-0.4, -0.2) is 36.9 Å². The van der Waals surface area contributed by atoms with E-state index >= 15 is 0 Å². The van der Waals surface area contributed by atoms with Gasteiger partial charge in [-0.1, -0.05) is 68.8 Å². The van der Waals surface area contributed by atoms with Gasteiger partial charge in [0.15, 0.2) is 5.16 Å². The Balaban J connectivity index is 1.67. The molecule has 1 atom stereocenters. The topological polar surface area (TPSA) is 81.3 Å². The lowest BCUT2D eigenvalue weighted by molar-refractivity contribution is -0.119. The first-order valence-corrected chi connectivity index (χ1v) is 13.1. The molecule has 4 aromatic rings. The van der Waals surface area contributed by atoms with Crippen LogP contribution in [0.15, 0.2) is 52.4 Å². The van der Waals surface area contributed by atoms with E-state index in [0.717, 1.165) is 41.6 Å². The molecule has 0 radical (unpaired) electrons. The van der Waals surface area contributed by atoms with E-state index in [1.807, 2.05) is 67.6 Å². The minimum Gasteiger partial charge on any atom is -0.353 e. The van der Waals surface area contributed by atoms with E-state index in [1.165, 1.54) is 11.8 Å². The molecule has 2 heterocycles. The molecule has 8 heteroatoms. The van der Waals surface area contributed by atoms with Gasteiger partial charge in [-0.3, -0.25) is 14.0 Å². The summed E-state index contributed by atoms with van der Waals surface area (Å²) in [5, 5.41) is 13.0. The zero-order chi connectivity index (χ0) is 25.1. The monoisotopic (exact) mass is 491 g/mol. The van der Waals surface area contributed by atoms with Crippen molar-refractivity contribution in [3.63, 3.8) is 0 Å². The standard InChI is InChI=1S/C27H33N5O2S/c1-17(2)10-8-13-20(5)28-23(33)16-35-27-30-29-26-31(27)22-15-7-6-14-21(22)25(34)32(26)24-18(3)11-9-12-19(24)4/h6-7,9,11-12,14-15,17,20H,8,10,13,16H2,1-5H3,(H,28,33). The molecule has 0 spiro atoms. The predicted octanol–water partition coefficient (Wildman–Crippen LogP) is 5.07. The van der Waals surface area contributed by atoms with Gasteiger partial charge in [0.05, 0.1) is 22.3 Å². The minimum atomic E-state index is -0.137. The van der Waals surface area contributed by atoms with E-state index in [2.05, 4.69) is 29.4 Å². The second-order valence-corrected chi connectivity index (χ2v) is 10.5. The normalized spacial score (nSPS) is 12.5. The zero-order valence-corrected chi connectivity index (χ0v) is 21.9. The van der Waals surface area contributed by atoms with Gasteiger partial charge >= 0.3 is 0 Å². The largest absolute Gasteiger partial charge is 0.353 e. The van der Waals surface area contributed by atoms with E-state index in [1.54, 1.807) is 4.57 Å². The summed E-state index contributed by atoms with van der Waals surface area (Å²) in [5.74, 6) is 1.31. The van der Waals surface area contributed by atoms with Gasteiger partial charge in [-0.2, -0.15) is 0 Å². The third kappa shape index (κ3) is 5.27. The molecule has 4 rings (SSSR count). The van der Waals surface area contributed by atoms with Crippen LogP contribution in [0.4, 0.5) is 0 Å². The second kappa shape index (κ2) is 10.6. The van der Waals surface area contributed by atoms with Crippen molar-refractivity contribution in [1.29, 1.82) is 0 Å². The van der Waals surface area contributed by atoms with E-state index in [0.29, 0.717) is 22.2 Å². The van der Waals surface area contributed by atoms with E-state index < -0.39 is 0 Å². The Labute approximate surface area is 210 Å². The molecular formula is C27H33N5O2S. The van der Waals surface area contributed by atoms with Gasteiger partial charge < -0.3 is 5.32 Å². The number of amides is 1. The number of benzene rings is 2. The van der Waals surface area contributed by atoms with Crippen molar-refractivity contribution < 1.29 is 4.79 Å². The number of aryl methyl sites for hydroxylation is 2. The third-order valence-electron chi connectivity index (χ3n) is 6.22. The van der Waals surface area contributed by atoms with Gasteiger partial charge in [0.1, 0.15) is 0 Å². The van der Waals surface area contributed by atoms with Crippen LogP contribution in [0, 0.1) is 19.8 Å². The van der Waals surface area contributed by atoms with Crippen molar-refractivity contribution in [3.8, 4) is 5.69 Å². The first kappa shape index (κ1) is 25.0. The van der Waals surface area contributed by atoms with Gasteiger partial charge in [-0.25, -0.2) is 4.57 Å². The Morgan fingerprint density at radius 1 is 1.00 bits per heavy atom. The van der Waals surface area contributed by atoms with Crippen molar-refractivity contribution in [1.82, 2.24) is 24.5 Å². The van der Waals surface area contributed by atoms with Crippen LogP contribution >= 0.6 is 11.8 Å². The highest BCUT2D eigenvalue weighted by Gasteiger charge is 2.20. The molecule has 0 aliphatic heterocycles. The molecule has 0 saturated carbocycles. The molecule has 0 aliphatic rings. The number of hydrogen-bond acceptors (Lipinski definition) is 5. The molecular weight excluding hydrogens is 458 g/mol. The van der Waals surface area contributed by atoms with Crippen molar-refractivity contribution in [2.24, 2.45) is 5.92 Å². The van der Waals surface area contributed by atoms with Gasteiger partial charge in [0, 0.05) is 6.04 Å². The van der Waals surface area contributed by atoms with Crippen molar-refractivity contribution in [2.45, 2.75) is 65.1 Å². The SMILES string of the molecule is Cc1cccc(C)c1-n1c(=O)c2ccccc2n2c(SCC(=O)NC(C)CCCC(C)C)nnc12. The van der Waals surface area contributed by atoms with Crippen LogP contribution < -0.4 is 10.9 Å². The maximum absolute atomic E-state index is 13.6. The Morgan fingerprint density at radius 2 is 1.71 bits per heavy atom. The van der Waals surface area contributed by atoms with Gasteiger partial charge in [-0.05, 0) is 56.4 Å². The van der Waals surface area contributed by atoms with Gasteiger partial charge in [0.25, 0.3) is 5.56 Å². The Hall–Kier alpha value is -3.13. The Bertz CT molecular complexity index is 1400. The highest BCUT2D eigenvalue weighted by molar-refractivity contribution is 7.99. The molecule has 1 N–H and O–H groups in total. The van der Waals surface area contributed by atoms with Crippen LogP contribution in [0.2, 0.25) is 0 Å². The molecule has 0 fully saturated rings. The Kier molecular flexibility index (Phi) is 7.60. The van der Waals surface area contributed by atoms with Crippen molar-refractivity contribution >= 4 is 34.3 Å². The number of nitrogens with zero attached hydrogens (tertiary/aromatic N) is 4. The van der Waals surface area contributed by atoms with Gasteiger partial charge in [0.2, 0.25) is 11.7 Å². The average Bonchev–Trinajstić information content (AvgIpc) is 3.23. The molecule has 2 aromatic carbocycles. The number of fused-ring (bicyclic) bond motifs is 3. The fourth-order valence-electron chi connectivity index (χ4n) is 4.48. The molecule has 184 valence electrons. The Morgan fingerprint density at radius 3 is 2.43 bits per heavy atom. The number of para-hydroxylation sites is 2. The molecule has 0 aliphatic carbocycles. The molecule has 1 amide bonds. The zero-order valence-electron chi connectivity index (χ0n) is 21.0. The van der Waals surface area contributed by atoms with Crippen LogP contribution in [0.3, 0.4) is 0 Å². The first-order chi connectivity index (χ1) is 16.8. The number of aromatic nitrogens is 4. The summed E-state index contributed by atoms with van der Waals surface area (Å²) in [6.45, 7) is 10.4. The lowest BCUT2D eigenvalue weighted by atomic mass is 10.0. The summed E-state index contributed by atoms with van der Waals surface area (Å²) in [6, 6.07) is 13.5. The number of nitrogens with one attached hydrogen (secondary N) is 1. The van der Waals surface area contributed by atoms with E-state index in [-0.39, 0.29) is 23.3 Å². The summed E-state index contributed by atoms with van der Waals surface area (Å²) < 4.78 is 3.52.